The van der Waals surface area contributed by atoms with E-state index in [9.17, 15) is 14.4 Å². The Balaban J connectivity index is 1.37. The minimum absolute atomic E-state index is 0.140. The van der Waals surface area contributed by atoms with Gasteiger partial charge >= 0.3 is 0 Å². The smallest absolute Gasteiger partial charge is 0.267 e. The Labute approximate surface area is 132 Å². The zero-order chi connectivity index (χ0) is 16.0. The fraction of sp³-hybridized carbons (Fsp3) is 0.438. The van der Waals surface area contributed by atoms with Crippen LogP contribution in [0.5, 0.6) is 11.5 Å². The molecule has 7 heteroatoms. The lowest BCUT2D eigenvalue weighted by Crippen LogP contribution is -2.64. The normalized spacial score (nSPS) is 23.9. The quantitative estimate of drug-likeness (QED) is 0.728. The van der Waals surface area contributed by atoms with Crippen LogP contribution in [0, 0.1) is 0 Å². The molecule has 0 saturated carbocycles. The number of imide groups is 1. The molecule has 2 fully saturated rings. The van der Waals surface area contributed by atoms with E-state index in [1.54, 1.807) is 17.0 Å². The number of benzene rings is 1. The monoisotopic (exact) mass is 316 g/mol. The molecule has 3 heterocycles. The van der Waals surface area contributed by atoms with Gasteiger partial charge in [-0.3, -0.25) is 19.3 Å². The molecule has 3 aliphatic heterocycles. The van der Waals surface area contributed by atoms with Crippen LogP contribution in [0.1, 0.15) is 12.8 Å². The van der Waals surface area contributed by atoms with Crippen LogP contribution >= 0.6 is 0 Å². The molecule has 2 saturated heterocycles. The maximum Gasteiger partial charge on any atom is 0.267 e. The van der Waals surface area contributed by atoms with Crippen LogP contribution in [-0.2, 0) is 14.4 Å². The first-order valence-electron chi connectivity index (χ1n) is 7.65. The number of hydrogen-bond acceptors (Lipinski definition) is 5. The molecule has 7 nitrogen and oxygen atoms in total. The number of ether oxygens (including phenoxy) is 2. The molecule has 23 heavy (non-hydrogen) atoms. The highest BCUT2D eigenvalue weighted by Crippen LogP contribution is 2.32. The Bertz CT molecular complexity index is 667. The summed E-state index contributed by atoms with van der Waals surface area (Å²) in [4.78, 5) is 38.7. The van der Waals surface area contributed by atoms with Crippen molar-refractivity contribution in [2.75, 3.05) is 19.7 Å². The van der Waals surface area contributed by atoms with Gasteiger partial charge in [-0.25, -0.2) is 0 Å². The average Bonchev–Trinajstić information content (AvgIpc) is 2.85. The fourth-order valence-corrected chi connectivity index (χ4v) is 3.14. The summed E-state index contributed by atoms with van der Waals surface area (Å²) in [7, 11) is 0. The maximum atomic E-state index is 12.4. The van der Waals surface area contributed by atoms with Crippen molar-refractivity contribution < 1.29 is 23.9 Å². The number of carbonyl (C=O) groups excluding carboxylic acids is 3. The number of rotatable bonds is 2. The van der Waals surface area contributed by atoms with Gasteiger partial charge in [0.15, 0.2) is 11.5 Å². The molecule has 0 radical (unpaired) electrons. The van der Waals surface area contributed by atoms with Crippen LogP contribution in [0.3, 0.4) is 0 Å². The molecule has 1 atom stereocenters. The number of hydrogen-bond donors (Lipinski definition) is 0. The molecular formula is C16H16N2O5. The van der Waals surface area contributed by atoms with Gasteiger partial charge in [-0.05, 0) is 12.1 Å². The zero-order valence-corrected chi connectivity index (χ0v) is 12.4. The Kier molecular flexibility index (Phi) is 3.21. The summed E-state index contributed by atoms with van der Waals surface area (Å²) in [5, 5.41) is 0. The van der Waals surface area contributed by atoms with Crippen molar-refractivity contribution in [1.82, 2.24) is 9.80 Å². The van der Waals surface area contributed by atoms with Crippen LogP contribution < -0.4 is 9.47 Å². The lowest BCUT2D eigenvalue weighted by Gasteiger charge is -2.44. The minimum Gasteiger partial charge on any atom is -0.485 e. The minimum atomic E-state index is -0.684. The van der Waals surface area contributed by atoms with Crippen molar-refractivity contribution in [3.63, 3.8) is 0 Å². The number of likely N-dealkylation sites (tertiary alicyclic amines) is 2. The van der Waals surface area contributed by atoms with Gasteiger partial charge in [0.1, 0.15) is 6.61 Å². The second-order valence-corrected chi connectivity index (χ2v) is 5.92. The van der Waals surface area contributed by atoms with E-state index in [0.717, 1.165) is 0 Å². The molecule has 0 aliphatic carbocycles. The summed E-state index contributed by atoms with van der Waals surface area (Å²) in [6.45, 7) is 0.911. The Morgan fingerprint density at radius 1 is 1.04 bits per heavy atom. The first kappa shape index (κ1) is 14.0. The summed E-state index contributed by atoms with van der Waals surface area (Å²) in [5.41, 5.74) is 0. The molecule has 120 valence electrons. The highest BCUT2D eigenvalue weighted by Gasteiger charge is 2.44. The van der Waals surface area contributed by atoms with E-state index in [-0.39, 0.29) is 43.2 Å². The molecule has 0 aromatic heterocycles. The van der Waals surface area contributed by atoms with Crippen LogP contribution in [0.4, 0.5) is 0 Å². The third-order valence-corrected chi connectivity index (χ3v) is 4.41. The van der Waals surface area contributed by atoms with Gasteiger partial charge in [0.2, 0.25) is 17.9 Å². The second-order valence-electron chi connectivity index (χ2n) is 5.92. The third kappa shape index (κ3) is 2.32. The summed E-state index contributed by atoms with van der Waals surface area (Å²) >= 11 is 0. The third-order valence-electron chi connectivity index (χ3n) is 4.41. The van der Waals surface area contributed by atoms with Crippen molar-refractivity contribution in [2.24, 2.45) is 0 Å². The Morgan fingerprint density at radius 3 is 2.39 bits per heavy atom. The van der Waals surface area contributed by atoms with Crippen LogP contribution in [0.15, 0.2) is 24.3 Å². The predicted octanol–water partition coefficient (Wildman–Crippen LogP) is 0.186. The summed E-state index contributed by atoms with van der Waals surface area (Å²) in [6.07, 6.45) is -0.130. The van der Waals surface area contributed by atoms with E-state index in [1.807, 2.05) is 12.1 Å². The summed E-state index contributed by atoms with van der Waals surface area (Å²) < 4.78 is 11.2. The van der Waals surface area contributed by atoms with Crippen molar-refractivity contribution in [2.45, 2.75) is 25.0 Å². The van der Waals surface area contributed by atoms with Gasteiger partial charge in [-0.1, -0.05) is 12.1 Å². The largest absolute Gasteiger partial charge is 0.485 e. The highest BCUT2D eigenvalue weighted by molar-refractivity contribution is 6.02. The van der Waals surface area contributed by atoms with Crippen LogP contribution in [0.25, 0.3) is 0 Å². The van der Waals surface area contributed by atoms with E-state index < -0.39 is 6.10 Å². The van der Waals surface area contributed by atoms with Gasteiger partial charge in [-0.2, -0.15) is 0 Å². The molecular weight excluding hydrogens is 300 g/mol. The Hall–Kier alpha value is -2.57. The maximum absolute atomic E-state index is 12.4. The molecule has 0 bridgehead atoms. The molecule has 1 aromatic rings. The van der Waals surface area contributed by atoms with Gasteiger partial charge in [-0.15, -0.1) is 0 Å². The topological polar surface area (TPSA) is 76.2 Å². The first-order chi connectivity index (χ1) is 11.1. The van der Waals surface area contributed by atoms with Crippen LogP contribution in [0.2, 0.25) is 0 Å². The fourth-order valence-electron chi connectivity index (χ4n) is 3.14. The first-order valence-corrected chi connectivity index (χ1v) is 7.65. The van der Waals surface area contributed by atoms with E-state index in [2.05, 4.69) is 0 Å². The molecule has 1 unspecified atom stereocenters. The van der Waals surface area contributed by atoms with Gasteiger partial charge in [0, 0.05) is 25.9 Å². The number of fused-ring (bicyclic) bond motifs is 1. The SMILES string of the molecule is O=C(C1COc2ccccc2O1)N1CC(N2C(=O)CCC2=O)C1. The molecule has 0 spiro atoms. The average molecular weight is 316 g/mol. The molecule has 3 amide bonds. The van der Waals surface area contributed by atoms with Crippen molar-refractivity contribution in [1.29, 1.82) is 0 Å². The predicted molar refractivity (Wildman–Crippen MR) is 77.8 cm³/mol. The summed E-state index contributed by atoms with van der Waals surface area (Å²) in [5.74, 6) is 0.733. The van der Waals surface area contributed by atoms with Crippen molar-refractivity contribution >= 4 is 17.7 Å². The van der Waals surface area contributed by atoms with E-state index >= 15 is 0 Å². The van der Waals surface area contributed by atoms with E-state index in [4.69, 9.17) is 9.47 Å². The molecule has 1 aromatic carbocycles. The standard InChI is InChI=1S/C16H16N2O5/c19-14-5-6-15(20)18(14)10-7-17(8-10)16(21)13-9-22-11-3-1-2-4-12(11)23-13/h1-4,10,13H,5-9H2. The number of para-hydroxylation sites is 2. The van der Waals surface area contributed by atoms with Crippen molar-refractivity contribution in [3.05, 3.63) is 24.3 Å². The highest BCUT2D eigenvalue weighted by atomic mass is 16.6. The molecule has 4 rings (SSSR count). The Morgan fingerprint density at radius 2 is 1.70 bits per heavy atom. The van der Waals surface area contributed by atoms with Crippen molar-refractivity contribution in [3.8, 4) is 11.5 Å². The number of carbonyl (C=O) groups is 3. The molecule has 3 aliphatic rings. The van der Waals surface area contributed by atoms with E-state index in [1.165, 1.54) is 4.90 Å². The number of amides is 3. The van der Waals surface area contributed by atoms with Gasteiger partial charge in [0.25, 0.3) is 5.91 Å². The van der Waals surface area contributed by atoms with Crippen LogP contribution in [-0.4, -0.2) is 59.4 Å². The summed E-state index contributed by atoms with van der Waals surface area (Å²) in [6, 6.07) is 7.02. The molecule has 0 N–H and O–H groups in total. The van der Waals surface area contributed by atoms with E-state index in [0.29, 0.717) is 24.6 Å². The second kappa shape index (κ2) is 5.26. The lowest BCUT2D eigenvalue weighted by molar-refractivity contribution is -0.156. The lowest BCUT2D eigenvalue weighted by atomic mass is 10.1. The zero-order valence-electron chi connectivity index (χ0n) is 12.4. The van der Waals surface area contributed by atoms with Gasteiger partial charge < -0.3 is 14.4 Å². The number of nitrogens with zero attached hydrogens (tertiary/aromatic N) is 2. The van der Waals surface area contributed by atoms with Gasteiger partial charge in [0.05, 0.1) is 6.04 Å².